The van der Waals surface area contributed by atoms with Crippen molar-refractivity contribution in [2.75, 3.05) is 0 Å². The molecule has 102 valence electrons. The summed E-state index contributed by atoms with van der Waals surface area (Å²) in [5.41, 5.74) is 0.0890. The predicted molar refractivity (Wildman–Crippen MR) is 76.8 cm³/mol. The van der Waals surface area contributed by atoms with E-state index in [4.69, 9.17) is 5.11 Å². The summed E-state index contributed by atoms with van der Waals surface area (Å²) >= 11 is 1.50. The number of hydrogen-bond acceptors (Lipinski definition) is 3. The summed E-state index contributed by atoms with van der Waals surface area (Å²) in [5.74, 6) is -0.735. The number of aliphatic carboxylic acids is 1. The van der Waals surface area contributed by atoms with Gasteiger partial charge in [0.25, 0.3) is 5.56 Å². The van der Waals surface area contributed by atoms with Crippen LogP contribution < -0.4 is 5.56 Å². The Morgan fingerprint density at radius 2 is 1.89 bits per heavy atom. The fourth-order valence-corrected chi connectivity index (χ4v) is 3.08. The lowest BCUT2D eigenvalue weighted by atomic mass is 10.1. The highest BCUT2D eigenvalue weighted by molar-refractivity contribution is 7.13. The molecule has 0 bridgehead atoms. The summed E-state index contributed by atoms with van der Waals surface area (Å²) in [5, 5.41) is 9.31. The minimum atomic E-state index is -0.735. The van der Waals surface area contributed by atoms with E-state index >= 15 is 0 Å². The molecule has 0 radical (unpaired) electrons. The van der Waals surface area contributed by atoms with Crippen LogP contribution in [-0.2, 0) is 11.3 Å². The summed E-state index contributed by atoms with van der Waals surface area (Å²) < 4.78 is 2.82. The van der Waals surface area contributed by atoms with Gasteiger partial charge in [0, 0.05) is 13.0 Å². The number of carboxylic acid groups (broad SMARTS) is 1. The molecule has 1 heterocycles. The van der Waals surface area contributed by atoms with Crippen LogP contribution >= 0.6 is 11.5 Å². The number of fused-ring (bicyclic) bond motifs is 1. The standard InChI is InChI=1S/C14H17NO3S/c16-13(17)9-3-1-2-6-10-15-14(18)11-7-4-5-8-12(11)19-15/h4-5,7-8H,1-3,6,9-10H2,(H,16,17). The van der Waals surface area contributed by atoms with E-state index in [1.165, 1.54) is 11.5 Å². The highest BCUT2D eigenvalue weighted by Gasteiger charge is 2.05. The number of nitrogens with zero attached hydrogens (tertiary/aromatic N) is 1. The van der Waals surface area contributed by atoms with Gasteiger partial charge in [0.05, 0.1) is 10.1 Å². The zero-order valence-electron chi connectivity index (χ0n) is 10.7. The maximum atomic E-state index is 12.0. The third-order valence-electron chi connectivity index (χ3n) is 3.05. The Labute approximate surface area is 115 Å². The van der Waals surface area contributed by atoms with Crippen molar-refractivity contribution in [1.82, 2.24) is 3.96 Å². The van der Waals surface area contributed by atoms with Gasteiger partial charge in [-0.25, -0.2) is 0 Å². The van der Waals surface area contributed by atoms with E-state index in [1.807, 2.05) is 24.3 Å². The molecular weight excluding hydrogens is 262 g/mol. The molecular formula is C14H17NO3S. The average Bonchev–Trinajstić information content (AvgIpc) is 2.71. The fraction of sp³-hybridized carbons (Fsp3) is 0.429. The second-order valence-electron chi connectivity index (χ2n) is 4.55. The van der Waals surface area contributed by atoms with Crippen LogP contribution in [0.25, 0.3) is 10.1 Å². The first kappa shape index (κ1) is 13.8. The maximum absolute atomic E-state index is 12.0. The number of hydrogen-bond donors (Lipinski definition) is 1. The average molecular weight is 279 g/mol. The molecule has 0 saturated carbocycles. The van der Waals surface area contributed by atoms with Gasteiger partial charge in [0.2, 0.25) is 0 Å². The van der Waals surface area contributed by atoms with Crippen LogP contribution in [0.1, 0.15) is 32.1 Å². The molecule has 0 amide bonds. The third-order valence-corrected chi connectivity index (χ3v) is 4.18. The zero-order chi connectivity index (χ0) is 13.7. The molecule has 4 nitrogen and oxygen atoms in total. The molecule has 0 saturated heterocycles. The molecule has 1 N–H and O–H groups in total. The van der Waals surface area contributed by atoms with Crippen molar-refractivity contribution in [3.8, 4) is 0 Å². The van der Waals surface area contributed by atoms with Crippen LogP contribution in [-0.4, -0.2) is 15.0 Å². The summed E-state index contributed by atoms with van der Waals surface area (Å²) in [6.07, 6.45) is 3.76. The van der Waals surface area contributed by atoms with Crippen LogP contribution in [0, 0.1) is 0 Å². The Kier molecular flexibility index (Phi) is 4.74. The van der Waals surface area contributed by atoms with Gasteiger partial charge >= 0.3 is 5.97 Å². The van der Waals surface area contributed by atoms with Crippen molar-refractivity contribution >= 4 is 27.6 Å². The van der Waals surface area contributed by atoms with Crippen LogP contribution in [0.5, 0.6) is 0 Å². The van der Waals surface area contributed by atoms with Crippen molar-refractivity contribution in [2.24, 2.45) is 0 Å². The molecule has 0 unspecified atom stereocenters. The van der Waals surface area contributed by atoms with Gasteiger partial charge in [-0.15, -0.1) is 0 Å². The largest absolute Gasteiger partial charge is 0.481 e. The van der Waals surface area contributed by atoms with E-state index < -0.39 is 5.97 Å². The lowest BCUT2D eigenvalue weighted by molar-refractivity contribution is -0.137. The Balaban J connectivity index is 1.83. The van der Waals surface area contributed by atoms with Crippen LogP contribution in [0.2, 0.25) is 0 Å². The lowest BCUT2D eigenvalue weighted by Crippen LogP contribution is -2.12. The number of aromatic nitrogens is 1. The summed E-state index contributed by atoms with van der Waals surface area (Å²) in [7, 11) is 0. The highest BCUT2D eigenvalue weighted by Crippen LogP contribution is 2.16. The first-order chi connectivity index (χ1) is 9.18. The number of unbranched alkanes of at least 4 members (excludes halogenated alkanes) is 3. The first-order valence-electron chi connectivity index (χ1n) is 6.49. The molecule has 0 fully saturated rings. The normalized spacial score (nSPS) is 10.9. The Bertz CT molecular complexity index is 614. The summed E-state index contributed by atoms with van der Waals surface area (Å²) in [4.78, 5) is 22.4. The van der Waals surface area contributed by atoms with Crippen molar-refractivity contribution in [2.45, 2.75) is 38.6 Å². The van der Waals surface area contributed by atoms with Crippen molar-refractivity contribution in [3.05, 3.63) is 34.6 Å². The third kappa shape index (κ3) is 3.67. The molecule has 0 atom stereocenters. The highest BCUT2D eigenvalue weighted by atomic mass is 32.1. The Morgan fingerprint density at radius 1 is 1.16 bits per heavy atom. The van der Waals surface area contributed by atoms with Gasteiger partial charge in [-0.2, -0.15) is 0 Å². The topological polar surface area (TPSA) is 59.3 Å². The van der Waals surface area contributed by atoms with Gasteiger partial charge in [-0.3, -0.25) is 13.5 Å². The second kappa shape index (κ2) is 6.52. The molecule has 2 rings (SSSR count). The van der Waals surface area contributed by atoms with Crippen LogP contribution in [0.4, 0.5) is 0 Å². The maximum Gasteiger partial charge on any atom is 0.303 e. The van der Waals surface area contributed by atoms with Gasteiger partial charge in [-0.05, 0) is 25.0 Å². The molecule has 19 heavy (non-hydrogen) atoms. The first-order valence-corrected chi connectivity index (χ1v) is 7.26. The van der Waals surface area contributed by atoms with E-state index in [2.05, 4.69) is 0 Å². The van der Waals surface area contributed by atoms with Crippen LogP contribution in [0.3, 0.4) is 0 Å². The van der Waals surface area contributed by atoms with Crippen molar-refractivity contribution in [1.29, 1.82) is 0 Å². The number of aryl methyl sites for hydroxylation is 1. The summed E-state index contributed by atoms with van der Waals surface area (Å²) in [6.45, 7) is 0.727. The zero-order valence-corrected chi connectivity index (χ0v) is 11.5. The molecule has 5 heteroatoms. The quantitative estimate of drug-likeness (QED) is 0.792. The summed E-state index contributed by atoms with van der Waals surface area (Å²) in [6, 6.07) is 7.64. The van der Waals surface area contributed by atoms with Crippen molar-refractivity contribution < 1.29 is 9.90 Å². The smallest absolute Gasteiger partial charge is 0.303 e. The Morgan fingerprint density at radius 3 is 2.63 bits per heavy atom. The molecule has 1 aromatic carbocycles. The lowest BCUT2D eigenvalue weighted by Gasteiger charge is -2.00. The minimum Gasteiger partial charge on any atom is -0.481 e. The number of carbonyl (C=O) groups is 1. The predicted octanol–water partition coefficient (Wildman–Crippen LogP) is 3.10. The van der Waals surface area contributed by atoms with Gasteiger partial charge in [0.1, 0.15) is 0 Å². The monoisotopic (exact) mass is 279 g/mol. The molecule has 0 aliphatic rings. The Hall–Kier alpha value is -1.62. The van der Waals surface area contributed by atoms with E-state index in [0.29, 0.717) is 0 Å². The molecule has 0 aliphatic heterocycles. The number of benzene rings is 1. The van der Waals surface area contributed by atoms with E-state index in [-0.39, 0.29) is 12.0 Å². The van der Waals surface area contributed by atoms with Crippen LogP contribution in [0.15, 0.2) is 29.1 Å². The van der Waals surface area contributed by atoms with Gasteiger partial charge in [-0.1, -0.05) is 36.5 Å². The molecule has 0 aliphatic carbocycles. The van der Waals surface area contributed by atoms with Crippen molar-refractivity contribution in [3.63, 3.8) is 0 Å². The molecule has 0 spiro atoms. The molecule has 1 aromatic heterocycles. The number of rotatable bonds is 7. The van der Waals surface area contributed by atoms with Gasteiger partial charge < -0.3 is 5.11 Å². The van der Waals surface area contributed by atoms with E-state index in [0.717, 1.165) is 42.3 Å². The van der Waals surface area contributed by atoms with Gasteiger partial charge in [0.15, 0.2) is 0 Å². The van der Waals surface area contributed by atoms with E-state index in [1.54, 1.807) is 3.96 Å². The second-order valence-corrected chi connectivity index (χ2v) is 5.62. The number of carboxylic acids is 1. The SMILES string of the molecule is O=C(O)CCCCCCn1sc2ccccc2c1=O. The fourth-order valence-electron chi connectivity index (χ4n) is 2.05. The minimum absolute atomic E-state index is 0.0890. The molecule has 2 aromatic rings. The van der Waals surface area contributed by atoms with E-state index in [9.17, 15) is 9.59 Å².